The number of thiophene rings is 1. The Morgan fingerprint density at radius 1 is 1.09 bits per heavy atom. The first-order valence-electron chi connectivity index (χ1n) is 10.4. The van der Waals surface area contributed by atoms with Gasteiger partial charge in [0.2, 0.25) is 0 Å². The fourth-order valence-electron chi connectivity index (χ4n) is 4.03. The first-order valence-corrected chi connectivity index (χ1v) is 12.7. The Hall–Kier alpha value is -2.69. The molecule has 33 heavy (non-hydrogen) atoms. The summed E-state index contributed by atoms with van der Waals surface area (Å²) in [5, 5.41) is 3.47. The van der Waals surface area contributed by atoms with Gasteiger partial charge in [-0.25, -0.2) is 17.2 Å². The van der Waals surface area contributed by atoms with Crippen LogP contribution < -0.4 is 19.7 Å². The van der Waals surface area contributed by atoms with Gasteiger partial charge in [0, 0.05) is 35.6 Å². The molecular formula is C23H25F2N3O3S2. The number of sulfonamides is 1. The van der Waals surface area contributed by atoms with Gasteiger partial charge in [0.15, 0.2) is 11.6 Å². The summed E-state index contributed by atoms with van der Waals surface area (Å²) in [5.41, 5.74) is 1.21. The zero-order chi connectivity index (χ0) is 23.8. The van der Waals surface area contributed by atoms with Crippen molar-refractivity contribution >= 4 is 32.7 Å². The number of nitrogens with one attached hydrogen (secondary N) is 2. The molecule has 1 aromatic heterocycles. The molecular weight excluding hydrogens is 468 g/mol. The average molecular weight is 494 g/mol. The first kappa shape index (κ1) is 23.5. The molecule has 1 fully saturated rings. The summed E-state index contributed by atoms with van der Waals surface area (Å²) in [7, 11) is -2.35. The van der Waals surface area contributed by atoms with Gasteiger partial charge < -0.3 is 15.0 Å². The van der Waals surface area contributed by atoms with Crippen molar-refractivity contribution in [2.24, 2.45) is 0 Å². The zero-order valence-corrected chi connectivity index (χ0v) is 20.1. The number of hydrogen-bond acceptors (Lipinski definition) is 6. The zero-order valence-electron chi connectivity index (χ0n) is 18.4. The maximum Gasteiger partial charge on any atom is 0.271 e. The summed E-state index contributed by atoms with van der Waals surface area (Å²) >= 11 is 0.875. The molecule has 6 nitrogen and oxygen atoms in total. The Balaban J connectivity index is 1.61. The van der Waals surface area contributed by atoms with E-state index in [1.807, 2.05) is 0 Å². The number of halogens is 2. The van der Waals surface area contributed by atoms with E-state index in [9.17, 15) is 17.2 Å². The SMILES string of the molecule is COc1ccc(NS(=O)(=O)c2ccc(-c3cccc(F)c3F)s2)cc1N1CC(C)NC(C)C1. The molecule has 2 unspecified atom stereocenters. The van der Waals surface area contributed by atoms with Crippen molar-refractivity contribution < 1.29 is 21.9 Å². The van der Waals surface area contributed by atoms with Crippen molar-refractivity contribution in [3.63, 3.8) is 0 Å². The van der Waals surface area contributed by atoms with Gasteiger partial charge in [-0.15, -0.1) is 11.3 Å². The number of piperazine rings is 1. The molecule has 1 aliphatic heterocycles. The third-order valence-corrected chi connectivity index (χ3v) is 8.38. The van der Waals surface area contributed by atoms with Crippen molar-refractivity contribution in [1.29, 1.82) is 0 Å². The van der Waals surface area contributed by atoms with E-state index in [-0.39, 0.29) is 21.9 Å². The molecule has 2 heterocycles. The van der Waals surface area contributed by atoms with Crippen LogP contribution >= 0.6 is 11.3 Å². The fraction of sp³-hybridized carbons (Fsp3) is 0.304. The summed E-state index contributed by atoms with van der Waals surface area (Å²) < 4.78 is 61.9. The molecule has 1 aliphatic rings. The maximum atomic E-state index is 14.1. The first-order chi connectivity index (χ1) is 15.7. The molecule has 0 radical (unpaired) electrons. The molecule has 2 atom stereocenters. The van der Waals surface area contributed by atoms with Gasteiger partial charge in [0.1, 0.15) is 9.96 Å². The van der Waals surface area contributed by atoms with Gasteiger partial charge in [-0.2, -0.15) is 0 Å². The monoisotopic (exact) mass is 493 g/mol. The van der Waals surface area contributed by atoms with Crippen LogP contribution in [0.3, 0.4) is 0 Å². The van der Waals surface area contributed by atoms with Gasteiger partial charge in [0.05, 0.1) is 18.5 Å². The van der Waals surface area contributed by atoms with Crippen LogP contribution in [0.25, 0.3) is 10.4 Å². The highest BCUT2D eigenvalue weighted by molar-refractivity contribution is 7.94. The second-order valence-electron chi connectivity index (χ2n) is 8.09. The van der Waals surface area contributed by atoms with Crippen LogP contribution in [0, 0.1) is 11.6 Å². The van der Waals surface area contributed by atoms with Crippen LogP contribution in [-0.4, -0.2) is 40.7 Å². The Morgan fingerprint density at radius 2 is 1.82 bits per heavy atom. The number of nitrogens with zero attached hydrogens (tertiary/aromatic N) is 1. The lowest BCUT2D eigenvalue weighted by atomic mass is 10.1. The van der Waals surface area contributed by atoms with E-state index in [4.69, 9.17) is 4.74 Å². The number of hydrogen-bond donors (Lipinski definition) is 2. The number of methoxy groups -OCH3 is 1. The van der Waals surface area contributed by atoms with E-state index in [1.165, 1.54) is 24.3 Å². The highest BCUT2D eigenvalue weighted by Crippen LogP contribution is 2.36. The average Bonchev–Trinajstić information content (AvgIpc) is 3.26. The minimum Gasteiger partial charge on any atom is -0.495 e. The Labute approximate surface area is 196 Å². The van der Waals surface area contributed by atoms with Crippen LogP contribution in [0.15, 0.2) is 52.7 Å². The summed E-state index contributed by atoms with van der Waals surface area (Å²) in [6.07, 6.45) is 0. The smallest absolute Gasteiger partial charge is 0.271 e. The van der Waals surface area contributed by atoms with E-state index in [0.29, 0.717) is 16.3 Å². The van der Waals surface area contributed by atoms with Crippen LogP contribution in [0.5, 0.6) is 5.75 Å². The van der Waals surface area contributed by atoms with E-state index in [0.717, 1.165) is 36.2 Å². The van der Waals surface area contributed by atoms with Crippen LogP contribution in [-0.2, 0) is 10.0 Å². The normalized spacial score (nSPS) is 18.9. The third kappa shape index (κ3) is 4.97. The largest absolute Gasteiger partial charge is 0.495 e. The van der Waals surface area contributed by atoms with E-state index >= 15 is 0 Å². The molecule has 2 N–H and O–H groups in total. The molecule has 0 spiro atoms. The highest BCUT2D eigenvalue weighted by atomic mass is 32.2. The predicted molar refractivity (Wildman–Crippen MR) is 128 cm³/mol. The van der Waals surface area contributed by atoms with E-state index in [1.54, 1.807) is 25.3 Å². The molecule has 1 saturated heterocycles. The Bertz CT molecular complexity index is 1250. The van der Waals surface area contributed by atoms with Gasteiger partial charge in [-0.05, 0) is 50.2 Å². The molecule has 0 saturated carbocycles. The minimum atomic E-state index is -3.93. The number of anilines is 2. The van der Waals surface area contributed by atoms with Crippen molar-refractivity contribution in [3.8, 4) is 16.2 Å². The summed E-state index contributed by atoms with van der Waals surface area (Å²) in [6, 6.07) is 12.3. The summed E-state index contributed by atoms with van der Waals surface area (Å²) in [4.78, 5) is 2.49. The minimum absolute atomic E-state index is 0.00273. The molecule has 2 aromatic carbocycles. The number of ether oxygens (including phenoxy) is 1. The molecule has 4 rings (SSSR count). The summed E-state index contributed by atoms with van der Waals surface area (Å²) in [5.74, 6) is -1.33. The van der Waals surface area contributed by atoms with E-state index in [2.05, 4.69) is 28.8 Å². The lowest BCUT2D eigenvalue weighted by Crippen LogP contribution is -2.54. The third-order valence-electron chi connectivity index (χ3n) is 5.39. The summed E-state index contributed by atoms with van der Waals surface area (Å²) in [6.45, 7) is 5.70. The lowest BCUT2D eigenvalue weighted by molar-refractivity contribution is 0.391. The Morgan fingerprint density at radius 3 is 2.52 bits per heavy atom. The van der Waals surface area contributed by atoms with Crippen molar-refractivity contribution in [3.05, 3.63) is 60.2 Å². The second-order valence-corrected chi connectivity index (χ2v) is 11.1. The Kier molecular flexibility index (Phi) is 6.60. The molecule has 0 bridgehead atoms. The van der Waals surface area contributed by atoms with Crippen LogP contribution in [0.1, 0.15) is 13.8 Å². The van der Waals surface area contributed by atoms with Crippen molar-refractivity contribution in [2.45, 2.75) is 30.1 Å². The predicted octanol–water partition coefficient (Wildman–Crippen LogP) is 4.69. The standard InChI is InChI=1S/C23H25F2N3O3S2/c1-14-12-28(13-15(2)26-14)19-11-16(7-8-20(19)31-3)27-33(29,30)22-10-9-21(32-22)17-5-4-6-18(24)23(17)25/h4-11,14-15,26-27H,12-13H2,1-3H3. The molecule has 176 valence electrons. The fourth-order valence-corrected chi connectivity index (χ4v) is 6.41. The quantitative estimate of drug-likeness (QED) is 0.521. The number of benzene rings is 2. The number of rotatable bonds is 6. The maximum absolute atomic E-state index is 14.1. The molecule has 0 amide bonds. The van der Waals surface area contributed by atoms with Gasteiger partial charge >= 0.3 is 0 Å². The van der Waals surface area contributed by atoms with Crippen LogP contribution in [0.4, 0.5) is 20.2 Å². The molecule has 0 aliphatic carbocycles. The van der Waals surface area contributed by atoms with Crippen molar-refractivity contribution in [1.82, 2.24) is 5.32 Å². The molecule has 10 heteroatoms. The topological polar surface area (TPSA) is 70.7 Å². The van der Waals surface area contributed by atoms with E-state index < -0.39 is 21.7 Å². The van der Waals surface area contributed by atoms with Gasteiger partial charge in [-0.1, -0.05) is 12.1 Å². The lowest BCUT2D eigenvalue weighted by Gasteiger charge is -2.38. The van der Waals surface area contributed by atoms with Gasteiger partial charge in [-0.3, -0.25) is 4.72 Å². The highest BCUT2D eigenvalue weighted by Gasteiger charge is 2.25. The molecule has 3 aromatic rings. The van der Waals surface area contributed by atoms with Gasteiger partial charge in [0.25, 0.3) is 10.0 Å². The van der Waals surface area contributed by atoms with Crippen molar-refractivity contribution in [2.75, 3.05) is 29.8 Å². The second kappa shape index (κ2) is 9.28. The van der Waals surface area contributed by atoms with Crippen LogP contribution in [0.2, 0.25) is 0 Å².